The second-order valence-electron chi connectivity index (χ2n) is 3.81. The first-order valence-corrected chi connectivity index (χ1v) is 5.36. The van der Waals surface area contributed by atoms with Gasteiger partial charge in [0.2, 0.25) is 0 Å². The summed E-state index contributed by atoms with van der Waals surface area (Å²) >= 11 is 0. The van der Waals surface area contributed by atoms with E-state index in [-0.39, 0.29) is 12.4 Å². The van der Waals surface area contributed by atoms with E-state index in [1.807, 2.05) is 24.3 Å². The van der Waals surface area contributed by atoms with Gasteiger partial charge in [-0.3, -0.25) is 9.78 Å². The minimum atomic E-state index is -0.646. The van der Waals surface area contributed by atoms with Gasteiger partial charge in [0, 0.05) is 24.3 Å². The van der Waals surface area contributed by atoms with Gasteiger partial charge in [-0.05, 0) is 12.1 Å². The number of rotatable bonds is 4. The lowest BCUT2D eigenvalue weighted by molar-refractivity contribution is 0.0894. The maximum absolute atomic E-state index is 12.1. The number of carbonyl (C=O) groups excluding carboxylic acids is 1. The molecule has 1 atom stereocenters. The Hall–Kier alpha value is -1.78. The maximum atomic E-state index is 12.1. The van der Waals surface area contributed by atoms with Gasteiger partial charge in [0.05, 0.1) is 18.2 Å². The Balaban J connectivity index is 2.45. The van der Waals surface area contributed by atoms with Gasteiger partial charge < -0.3 is 10.5 Å². The van der Waals surface area contributed by atoms with Crippen molar-refractivity contribution in [2.45, 2.75) is 6.04 Å². The summed E-state index contributed by atoms with van der Waals surface area (Å²) in [5.74, 6) is -0.142. The van der Waals surface area contributed by atoms with Crippen LogP contribution in [0.3, 0.4) is 0 Å². The Morgan fingerprint density at radius 2 is 2.18 bits per heavy atom. The zero-order valence-electron chi connectivity index (χ0n) is 9.59. The molecule has 2 aromatic rings. The molecular formula is C13H14N2O2. The average molecular weight is 230 g/mol. The van der Waals surface area contributed by atoms with Crippen LogP contribution in [0.15, 0.2) is 36.5 Å². The highest BCUT2D eigenvalue weighted by Crippen LogP contribution is 2.17. The molecule has 1 unspecified atom stereocenters. The van der Waals surface area contributed by atoms with Crippen molar-refractivity contribution in [2.24, 2.45) is 5.73 Å². The number of nitrogens with zero attached hydrogens (tertiary/aromatic N) is 1. The van der Waals surface area contributed by atoms with Crippen molar-refractivity contribution in [1.82, 2.24) is 4.98 Å². The lowest BCUT2D eigenvalue weighted by Gasteiger charge is -2.10. The van der Waals surface area contributed by atoms with E-state index in [2.05, 4.69) is 4.98 Å². The van der Waals surface area contributed by atoms with Crippen molar-refractivity contribution in [3.8, 4) is 0 Å². The Bertz CT molecular complexity index is 534. The third-order valence-corrected chi connectivity index (χ3v) is 2.58. The number of fused-ring (bicyclic) bond motifs is 1. The fourth-order valence-corrected chi connectivity index (χ4v) is 1.76. The van der Waals surface area contributed by atoms with Crippen LogP contribution in [0.2, 0.25) is 0 Å². The molecule has 1 aromatic carbocycles. The number of hydrogen-bond acceptors (Lipinski definition) is 4. The number of para-hydroxylation sites is 1. The summed E-state index contributed by atoms with van der Waals surface area (Å²) in [4.78, 5) is 16.3. The fourth-order valence-electron chi connectivity index (χ4n) is 1.76. The number of methoxy groups -OCH3 is 1. The number of nitrogens with two attached hydrogens (primary N) is 1. The molecule has 0 aliphatic heterocycles. The van der Waals surface area contributed by atoms with Gasteiger partial charge in [0.1, 0.15) is 0 Å². The van der Waals surface area contributed by atoms with Crippen LogP contribution in [0, 0.1) is 0 Å². The number of ketones is 1. The minimum Gasteiger partial charge on any atom is -0.383 e. The average Bonchev–Trinajstić information content (AvgIpc) is 2.37. The Morgan fingerprint density at radius 1 is 1.41 bits per heavy atom. The molecule has 2 N–H and O–H groups in total. The largest absolute Gasteiger partial charge is 0.383 e. The van der Waals surface area contributed by atoms with E-state index >= 15 is 0 Å². The SMILES string of the molecule is COCC(N)C(=O)c1cccc2cccnc12. The van der Waals surface area contributed by atoms with E-state index in [9.17, 15) is 4.79 Å². The maximum Gasteiger partial charge on any atom is 0.184 e. The highest BCUT2D eigenvalue weighted by molar-refractivity contribution is 6.09. The molecular weight excluding hydrogens is 216 g/mol. The molecule has 17 heavy (non-hydrogen) atoms. The van der Waals surface area contributed by atoms with Gasteiger partial charge >= 0.3 is 0 Å². The van der Waals surface area contributed by atoms with E-state index in [1.165, 1.54) is 7.11 Å². The molecule has 4 nitrogen and oxygen atoms in total. The minimum absolute atomic E-state index is 0.142. The molecule has 88 valence electrons. The van der Waals surface area contributed by atoms with Crippen LogP contribution in [0.4, 0.5) is 0 Å². The van der Waals surface area contributed by atoms with Gasteiger partial charge in [-0.2, -0.15) is 0 Å². The first-order valence-electron chi connectivity index (χ1n) is 5.36. The summed E-state index contributed by atoms with van der Waals surface area (Å²) in [6.07, 6.45) is 1.67. The molecule has 0 bridgehead atoms. The van der Waals surface area contributed by atoms with Crippen molar-refractivity contribution in [3.05, 3.63) is 42.1 Å². The highest BCUT2D eigenvalue weighted by Gasteiger charge is 2.18. The number of carbonyl (C=O) groups is 1. The molecule has 0 radical (unpaired) electrons. The number of hydrogen-bond donors (Lipinski definition) is 1. The topological polar surface area (TPSA) is 65.2 Å². The zero-order valence-corrected chi connectivity index (χ0v) is 9.59. The summed E-state index contributed by atoms with van der Waals surface area (Å²) in [6, 6.07) is 8.60. The number of ether oxygens (including phenoxy) is 1. The van der Waals surface area contributed by atoms with Gasteiger partial charge in [-0.15, -0.1) is 0 Å². The molecule has 0 aliphatic carbocycles. The third-order valence-electron chi connectivity index (χ3n) is 2.58. The molecule has 0 saturated carbocycles. The molecule has 4 heteroatoms. The molecule has 2 rings (SSSR count). The number of pyridine rings is 1. The van der Waals surface area contributed by atoms with Crippen LogP contribution in [0.25, 0.3) is 10.9 Å². The summed E-state index contributed by atoms with van der Waals surface area (Å²) < 4.78 is 4.89. The first-order chi connectivity index (χ1) is 8.24. The van der Waals surface area contributed by atoms with Crippen LogP contribution in [0.5, 0.6) is 0 Å². The van der Waals surface area contributed by atoms with Gasteiger partial charge in [0.25, 0.3) is 0 Å². The van der Waals surface area contributed by atoms with E-state index in [0.717, 1.165) is 5.39 Å². The van der Waals surface area contributed by atoms with Crippen molar-refractivity contribution >= 4 is 16.7 Å². The molecule has 0 saturated heterocycles. The number of benzene rings is 1. The predicted octanol–water partition coefficient (Wildman–Crippen LogP) is 1.39. The van der Waals surface area contributed by atoms with E-state index < -0.39 is 6.04 Å². The smallest absolute Gasteiger partial charge is 0.184 e. The summed E-state index contributed by atoms with van der Waals surface area (Å²) in [6.45, 7) is 0.210. The van der Waals surface area contributed by atoms with Crippen LogP contribution < -0.4 is 5.73 Å². The number of aromatic nitrogens is 1. The van der Waals surface area contributed by atoms with Crippen molar-refractivity contribution in [3.63, 3.8) is 0 Å². The molecule has 0 aliphatic rings. The first kappa shape index (κ1) is 11.7. The quantitative estimate of drug-likeness (QED) is 0.806. The number of Topliss-reactive ketones (excluding diaryl/α,β-unsaturated/α-hetero) is 1. The van der Waals surface area contributed by atoms with Crippen LogP contribution in [0.1, 0.15) is 10.4 Å². The van der Waals surface area contributed by atoms with Crippen LogP contribution >= 0.6 is 0 Å². The molecule has 1 heterocycles. The van der Waals surface area contributed by atoms with E-state index in [1.54, 1.807) is 12.3 Å². The summed E-state index contributed by atoms with van der Waals surface area (Å²) in [5, 5.41) is 0.933. The monoisotopic (exact) mass is 230 g/mol. The normalized spacial score (nSPS) is 12.6. The Labute approximate surface area is 99.4 Å². The van der Waals surface area contributed by atoms with E-state index in [0.29, 0.717) is 11.1 Å². The fraction of sp³-hybridized carbons (Fsp3) is 0.231. The second kappa shape index (κ2) is 5.03. The lowest BCUT2D eigenvalue weighted by Crippen LogP contribution is -2.35. The van der Waals surface area contributed by atoms with Crippen molar-refractivity contribution in [1.29, 1.82) is 0 Å². The predicted molar refractivity (Wildman–Crippen MR) is 65.9 cm³/mol. The zero-order chi connectivity index (χ0) is 12.3. The van der Waals surface area contributed by atoms with Crippen molar-refractivity contribution < 1.29 is 9.53 Å². The molecule has 0 fully saturated rings. The van der Waals surface area contributed by atoms with Gasteiger partial charge in [-0.25, -0.2) is 0 Å². The summed E-state index contributed by atoms with van der Waals surface area (Å²) in [5.41, 5.74) is 6.98. The van der Waals surface area contributed by atoms with Gasteiger partial charge in [0.15, 0.2) is 5.78 Å². The van der Waals surface area contributed by atoms with E-state index in [4.69, 9.17) is 10.5 Å². The molecule has 0 amide bonds. The Kier molecular flexibility index (Phi) is 3.46. The molecule has 0 spiro atoms. The highest BCUT2D eigenvalue weighted by atomic mass is 16.5. The Morgan fingerprint density at radius 3 is 2.94 bits per heavy atom. The lowest BCUT2D eigenvalue weighted by atomic mass is 10.0. The van der Waals surface area contributed by atoms with Crippen molar-refractivity contribution in [2.75, 3.05) is 13.7 Å². The van der Waals surface area contributed by atoms with Crippen LogP contribution in [-0.2, 0) is 4.74 Å². The standard InChI is InChI=1S/C13H14N2O2/c1-17-8-11(14)13(16)10-6-2-4-9-5-3-7-15-12(9)10/h2-7,11H,8,14H2,1H3. The van der Waals surface area contributed by atoms with Gasteiger partial charge in [-0.1, -0.05) is 18.2 Å². The third kappa shape index (κ3) is 2.33. The second-order valence-corrected chi connectivity index (χ2v) is 3.81. The molecule has 1 aromatic heterocycles. The summed E-state index contributed by atoms with van der Waals surface area (Å²) in [7, 11) is 1.52. The van der Waals surface area contributed by atoms with Crippen LogP contribution in [-0.4, -0.2) is 30.5 Å².